The maximum atomic E-state index is 9.13. The van der Waals surface area contributed by atoms with Crippen molar-refractivity contribution in [1.29, 1.82) is 0 Å². The first-order valence-electron chi connectivity index (χ1n) is 0.855. The Bertz CT molecular complexity index is 73.7. The van der Waals surface area contributed by atoms with E-state index < -0.39 is 8.61 Å². The molecule has 0 amide bonds. The van der Waals surface area contributed by atoms with Crippen LogP contribution in [0.1, 0.15) is 0 Å². The SMILES string of the molecule is O=C=N[PH+]=O. The lowest BCUT2D eigenvalue weighted by Crippen LogP contribution is -1.28. The molecule has 0 saturated carbocycles. The van der Waals surface area contributed by atoms with Gasteiger partial charge in [0.25, 0.3) is 6.08 Å². The zero-order valence-electron chi connectivity index (χ0n) is 2.26. The molecule has 0 aliphatic carbocycles. The average molecular weight is 90.0 g/mol. The molecule has 0 radical (unpaired) electrons. The van der Waals surface area contributed by atoms with Crippen molar-refractivity contribution in [1.82, 2.24) is 0 Å². The number of carbonyl (C=O) groups excluding carboxylic acids is 1. The van der Waals surface area contributed by atoms with E-state index in [9.17, 15) is 0 Å². The van der Waals surface area contributed by atoms with Crippen molar-refractivity contribution in [2.75, 3.05) is 0 Å². The van der Waals surface area contributed by atoms with Crippen molar-refractivity contribution >= 4 is 14.7 Å². The maximum Gasteiger partial charge on any atom is 0.482 e. The molecule has 0 N–H and O–H groups in total. The Morgan fingerprint density at radius 1 is 1.80 bits per heavy atom. The third kappa shape index (κ3) is 3.48. The zero-order valence-corrected chi connectivity index (χ0v) is 3.26. The van der Waals surface area contributed by atoms with E-state index in [1.165, 1.54) is 0 Å². The minimum Gasteiger partial charge on any atom is -0.207 e. The van der Waals surface area contributed by atoms with Gasteiger partial charge in [0.15, 0.2) is 0 Å². The number of isocyanates is 1. The van der Waals surface area contributed by atoms with Gasteiger partial charge in [-0.25, -0.2) is 4.79 Å². The summed E-state index contributed by atoms with van der Waals surface area (Å²) in [7, 11) is -0.891. The van der Waals surface area contributed by atoms with Gasteiger partial charge < -0.3 is 0 Å². The van der Waals surface area contributed by atoms with Crippen LogP contribution in [0.2, 0.25) is 0 Å². The predicted octanol–water partition coefficient (Wildman–Crippen LogP) is 0.261. The van der Waals surface area contributed by atoms with Crippen molar-refractivity contribution < 1.29 is 9.36 Å². The molecule has 0 heterocycles. The van der Waals surface area contributed by atoms with Crippen LogP contribution in [0.4, 0.5) is 0 Å². The van der Waals surface area contributed by atoms with Crippen LogP contribution >= 0.6 is 8.61 Å². The summed E-state index contributed by atoms with van der Waals surface area (Å²) in [6.45, 7) is 0. The fraction of sp³-hybridized carbons (Fsp3) is 0. The first kappa shape index (κ1) is 4.48. The highest BCUT2D eigenvalue weighted by molar-refractivity contribution is 7.22. The minimum absolute atomic E-state index is 0.891. The molecule has 0 saturated heterocycles. The molecule has 26 valence electrons. The summed E-state index contributed by atoms with van der Waals surface area (Å²) in [6.07, 6.45) is 1.09. The average Bonchev–Trinajstić information content (AvgIpc) is 1.41. The fourth-order valence-corrected chi connectivity index (χ4v) is 0.0559. The molecule has 0 aliphatic rings. The second-order valence-corrected chi connectivity index (χ2v) is 0.701. The van der Waals surface area contributed by atoms with E-state index in [-0.39, 0.29) is 0 Å². The summed E-state index contributed by atoms with van der Waals surface area (Å²) in [5.74, 6) is 0. The van der Waals surface area contributed by atoms with E-state index in [0.717, 1.165) is 6.08 Å². The first-order valence-corrected chi connectivity index (χ1v) is 1.71. The number of hydrogen-bond acceptors (Lipinski definition) is 2. The molecule has 0 aromatic rings. The molecule has 0 aromatic heterocycles. The largest absolute Gasteiger partial charge is 0.482 e. The van der Waals surface area contributed by atoms with Gasteiger partial charge in [-0.1, -0.05) is 0 Å². The van der Waals surface area contributed by atoms with E-state index in [1.54, 1.807) is 0 Å². The summed E-state index contributed by atoms with van der Waals surface area (Å²) in [4.78, 5) is 8.92. The van der Waals surface area contributed by atoms with E-state index in [0.29, 0.717) is 0 Å². The van der Waals surface area contributed by atoms with Crippen molar-refractivity contribution in [2.24, 2.45) is 4.76 Å². The van der Waals surface area contributed by atoms with Crippen molar-refractivity contribution in [2.45, 2.75) is 0 Å². The van der Waals surface area contributed by atoms with Crippen LogP contribution in [0, 0.1) is 0 Å². The third-order valence-electron chi connectivity index (χ3n) is 0.0913. The van der Waals surface area contributed by atoms with Crippen LogP contribution in [-0.2, 0) is 9.36 Å². The Balaban J connectivity index is 3.31. The van der Waals surface area contributed by atoms with Crippen LogP contribution in [0.3, 0.4) is 0 Å². The van der Waals surface area contributed by atoms with Gasteiger partial charge in [0.05, 0.1) is 4.76 Å². The Kier molecular flexibility index (Phi) is 3.12. The Hall–Kier alpha value is -0.520. The Morgan fingerprint density at radius 3 is 2.40 bits per heavy atom. The molecular formula is CHNO2P+. The minimum atomic E-state index is -0.891. The Morgan fingerprint density at radius 2 is 2.40 bits per heavy atom. The second kappa shape index (κ2) is 3.48. The molecule has 0 aliphatic heterocycles. The van der Waals surface area contributed by atoms with E-state index in [1.807, 2.05) is 0 Å². The summed E-state index contributed by atoms with van der Waals surface area (Å²) >= 11 is 0. The molecule has 0 spiro atoms. The molecule has 0 aromatic carbocycles. The van der Waals surface area contributed by atoms with Crippen molar-refractivity contribution in [3.63, 3.8) is 0 Å². The quantitative estimate of drug-likeness (QED) is 0.263. The summed E-state index contributed by atoms with van der Waals surface area (Å²) in [6, 6.07) is 0. The van der Waals surface area contributed by atoms with Crippen molar-refractivity contribution in [3.8, 4) is 0 Å². The smallest absolute Gasteiger partial charge is 0.207 e. The molecule has 4 heteroatoms. The number of nitrogens with zero attached hydrogens (tertiary/aromatic N) is 1. The van der Waals surface area contributed by atoms with Crippen LogP contribution in [-0.4, -0.2) is 6.08 Å². The lowest BCUT2D eigenvalue weighted by molar-refractivity contribution is 0.565. The van der Waals surface area contributed by atoms with Gasteiger partial charge in [-0.3, -0.25) is 0 Å². The van der Waals surface area contributed by atoms with Gasteiger partial charge in [0, 0.05) is 0 Å². The molecule has 0 rings (SSSR count). The van der Waals surface area contributed by atoms with Gasteiger partial charge in [-0.15, -0.1) is 0 Å². The normalized spacial score (nSPS) is 6.40. The van der Waals surface area contributed by atoms with Gasteiger partial charge in [0.1, 0.15) is 0 Å². The highest BCUT2D eigenvalue weighted by Crippen LogP contribution is 1.84. The molecular weight excluding hydrogens is 89.0 g/mol. The van der Waals surface area contributed by atoms with E-state index in [2.05, 4.69) is 4.76 Å². The van der Waals surface area contributed by atoms with Gasteiger partial charge >= 0.3 is 8.61 Å². The topological polar surface area (TPSA) is 46.5 Å². The zero-order chi connectivity index (χ0) is 4.12. The maximum absolute atomic E-state index is 9.13. The van der Waals surface area contributed by atoms with Gasteiger partial charge in [-0.2, -0.15) is 0 Å². The lowest BCUT2D eigenvalue weighted by atomic mass is 11.7. The van der Waals surface area contributed by atoms with Crippen LogP contribution in [0.25, 0.3) is 0 Å². The Labute approximate surface area is 30.0 Å². The van der Waals surface area contributed by atoms with Crippen LogP contribution < -0.4 is 0 Å². The molecule has 3 nitrogen and oxygen atoms in total. The van der Waals surface area contributed by atoms with Gasteiger partial charge in [0.2, 0.25) is 0 Å². The van der Waals surface area contributed by atoms with Crippen molar-refractivity contribution in [3.05, 3.63) is 0 Å². The number of rotatable bonds is 1. The lowest BCUT2D eigenvalue weighted by Gasteiger charge is -1.22. The first-order chi connectivity index (χ1) is 2.41. The van der Waals surface area contributed by atoms with Crippen LogP contribution in [0.15, 0.2) is 4.76 Å². The fourth-order valence-electron chi connectivity index (χ4n) is 0.0186. The third-order valence-corrected chi connectivity index (χ3v) is 0.274. The highest BCUT2D eigenvalue weighted by Gasteiger charge is 1.66. The highest BCUT2D eigenvalue weighted by atomic mass is 31.1. The van der Waals surface area contributed by atoms with Gasteiger partial charge in [-0.05, 0) is 4.57 Å². The van der Waals surface area contributed by atoms with E-state index in [4.69, 9.17) is 9.36 Å². The second-order valence-electron chi connectivity index (χ2n) is 0.294. The molecule has 1 atom stereocenters. The summed E-state index contributed by atoms with van der Waals surface area (Å²) in [5, 5.41) is 0. The molecule has 0 bridgehead atoms. The molecule has 5 heavy (non-hydrogen) atoms. The van der Waals surface area contributed by atoms with Crippen LogP contribution in [0.5, 0.6) is 0 Å². The summed E-state index contributed by atoms with van der Waals surface area (Å²) < 4.78 is 11.8. The predicted molar refractivity (Wildman–Crippen MR) is 17.1 cm³/mol. The standard InChI is InChI=1S/CNO2P/c3-1-2-5-4/p+1. The monoisotopic (exact) mass is 90.0 g/mol. The summed E-state index contributed by atoms with van der Waals surface area (Å²) in [5.41, 5.74) is 0. The van der Waals surface area contributed by atoms with E-state index >= 15 is 0 Å². The number of hydrogen-bond donors (Lipinski definition) is 0. The molecule has 0 fully saturated rings. The molecule has 1 unspecified atom stereocenters.